The fourth-order valence-corrected chi connectivity index (χ4v) is 3.51. The number of likely N-dealkylation sites (tertiary alicyclic amines) is 1. The lowest BCUT2D eigenvalue weighted by Gasteiger charge is -2.32. The summed E-state index contributed by atoms with van der Waals surface area (Å²) >= 11 is 6.06. The average molecular weight is 385 g/mol. The Bertz CT molecular complexity index is 589. The zero-order valence-corrected chi connectivity index (χ0v) is 16.3. The number of halogens is 1. The number of carbonyl (C=O) groups excluding carboxylic acids is 1. The highest BCUT2D eigenvalue weighted by Crippen LogP contribution is 2.35. The van der Waals surface area contributed by atoms with Crippen LogP contribution < -0.4 is 10.1 Å². The van der Waals surface area contributed by atoms with Crippen molar-refractivity contribution in [2.75, 3.05) is 40.5 Å². The Morgan fingerprint density at radius 3 is 2.73 bits per heavy atom. The highest BCUT2D eigenvalue weighted by molar-refractivity contribution is 6.32. The van der Waals surface area contributed by atoms with Gasteiger partial charge in [0.2, 0.25) is 5.91 Å². The molecular weight excluding hydrogens is 356 g/mol. The molecule has 0 unspecified atom stereocenters. The van der Waals surface area contributed by atoms with E-state index in [1.54, 1.807) is 13.2 Å². The molecule has 0 radical (unpaired) electrons. The van der Waals surface area contributed by atoms with Crippen LogP contribution in [0.5, 0.6) is 11.5 Å². The summed E-state index contributed by atoms with van der Waals surface area (Å²) < 4.78 is 10.1. The molecule has 0 bridgehead atoms. The van der Waals surface area contributed by atoms with Gasteiger partial charge in [0.25, 0.3) is 0 Å². The smallest absolute Gasteiger partial charge is 0.220 e. The second kappa shape index (κ2) is 10.6. The molecule has 26 heavy (non-hydrogen) atoms. The van der Waals surface area contributed by atoms with E-state index in [2.05, 4.69) is 10.2 Å². The minimum atomic E-state index is -0.0135. The van der Waals surface area contributed by atoms with Crippen molar-refractivity contribution in [1.82, 2.24) is 10.2 Å². The van der Waals surface area contributed by atoms with Gasteiger partial charge in [-0.15, -0.1) is 0 Å². The summed E-state index contributed by atoms with van der Waals surface area (Å²) in [6.45, 7) is 3.90. The number of phenolic OH excluding ortho intramolecular Hbond substituents is 1. The summed E-state index contributed by atoms with van der Waals surface area (Å²) in [5.74, 6) is 1.09. The van der Waals surface area contributed by atoms with E-state index >= 15 is 0 Å². The Morgan fingerprint density at radius 1 is 1.35 bits per heavy atom. The lowest BCUT2D eigenvalue weighted by atomic mass is 9.92. The minimum absolute atomic E-state index is 0.0135. The maximum absolute atomic E-state index is 11.8. The van der Waals surface area contributed by atoms with Crippen molar-refractivity contribution in [3.05, 3.63) is 22.7 Å². The van der Waals surface area contributed by atoms with E-state index in [1.807, 2.05) is 6.07 Å². The van der Waals surface area contributed by atoms with Crippen LogP contribution in [0.3, 0.4) is 0 Å². The topological polar surface area (TPSA) is 71.0 Å². The van der Waals surface area contributed by atoms with Crippen molar-refractivity contribution < 1.29 is 19.4 Å². The zero-order valence-electron chi connectivity index (χ0n) is 15.6. The second-order valence-corrected chi connectivity index (χ2v) is 7.14. The molecule has 7 heteroatoms. The number of hydrogen-bond acceptors (Lipinski definition) is 5. The van der Waals surface area contributed by atoms with Gasteiger partial charge in [-0.3, -0.25) is 9.69 Å². The van der Waals surface area contributed by atoms with Gasteiger partial charge in [0, 0.05) is 26.6 Å². The molecule has 0 aliphatic carbocycles. The summed E-state index contributed by atoms with van der Waals surface area (Å²) in [6.07, 6.45) is 3.70. The summed E-state index contributed by atoms with van der Waals surface area (Å²) in [6, 6.07) is 3.62. The fraction of sp³-hybridized carbons (Fsp3) is 0.632. The molecule has 2 rings (SSSR count). The van der Waals surface area contributed by atoms with E-state index in [0.29, 0.717) is 36.3 Å². The normalized spacial score (nSPS) is 15.8. The number of piperidine rings is 1. The summed E-state index contributed by atoms with van der Waals surface area (Å²) in [7, 11) is 3.15. The van der Waals surface area contributed by atoms with Crippen molar-refractivity contribution in [3.63, 3.8) is 0 Å². The second-order valence-electron chi connectivity index (χ2n) is 6.73. The first-order valence-corrected chi connectivity index (χ1v) is 9.44. The van der Waals surface area contributed by atoms with Crippen LogP contribution in [0.1, 0.15) is 31.2 Å². The van der Waals surface area contributed by atoms with Gasteiger partial charge in [0.1, 0.15) is 0 Å². The van der Waals surface area contributed by atoms with Crippen LogP contribution in [-0.2, 0) is 16.1 Å². The molecule has 6 nitrogen and oxygen atoms in total. The van der Waals surface area contributed by atoms with Gasteiger partial charge < -0.3 is 19.9 Å². The molecule has 1 heterocycles. The van der Waals surface area contributed by atoms with Gasteiger partial charge in [0.15, 0.2) is 11.5 Å². The Morgan fingerprint density at radius 2 is 2.08 bits per heavy atom. The third kappa shape index (κ3) is 6.34. The molecule has 1 aliphatic rings. The third-order valence-corrected chi connectivity index (χ3v) is 5.12. The largest absolute Gasteiger partial charge is 0.503 e. The third-order valence-electron chi connectivity index (χ3n) is 4.83. The molecule has 2 N–H and O–H groups in total. The highest BCUT2D eigenvalue weighted by Gasteiger charge is 2.20. The molecule has 1 fully saturated rings. The lowest BCUT2D eigenvalue weighted by Crippen LogP contribution is -2.34. The van der Waals surface area contributed by atoms with E-state index in [0.717, 1.165) is 44.5 Å². The SMILES string of the molecule is COCCNC(=O)CCC1CCN(Cc2cc(Cl)c(O)c(OC)c2)CC1. The zero-order chi connectivity index (χ0) is 18.9. The van der Waals surface area contributed by atoms with E-state index < -0.39 is 0 Å². The van der Waals surface area contributed by atoms with Gasteiger partial charge in [-0.1, -0.05) is 11.6 Å². The van der Waals surface area contributed by atoms with Crippen molar-refractivity contribution in [2.24, 2.45) is 5.92 Å². The standard InChI is InChI=1S/C19H29ClN2O4/c1-25-10-7-21-18(23)4-3-14-5-8-22(9-6-14)13-15-11-16(20)19(24)17(12-15)26-2/h11-12,14,24H,3-10,13H2,1-2H3,(H,21,23). The van der Waals surface area contributed by atoms with E-state index in [-0.39, 0.29) is 11.7 Å². The molecule has 0 saturated carbocycles. The Balaban J connectivity index is 1.73. The number of phenols is 1. The van der Waals surface area contributed by atoms with Crippen molar-refractivity contribution in [3.8, 4) is 11.5 Å². The van der Waals surface area contributed by atoms with Crippen LogP contribution in [0.15, 0.2) is 12.1 Å². The molecule has 0 aromatic heterocycles. The van der Waals surface area contributed by atoms with Crippen LogP contribution in [0.25, 0.3) is 0 Å². The number of hydrogen-bond donors (Lipinski definition) is 2. The molecule has 1 aromatic carbocycles. The summed E-state index contributed by atoms with van der Waals surface area (Å²) in [4.78, 5) is 14.1. The predicted octanol–water partition coefficient (Wildman–Crippen LogP) is 2.81. The van der Waals surface area contributed by atoms with E-state index in [4.69, 9.17) is 21.1 Å². The molecular formula is C19H29ClN2O4. The van der Waals surface area contributed by atoms with Gasteiger partial charge in [-0.05, 0) is 56.0 Å². The number of methoxy groups -OCH3 is 2. The molecule has 146 valence electrons. The van der Waals surface area contributed by atoms with E-state index in [1.165, 1.54) is 7.11 Å². The average Bonchev–Trinajstić information content (AvgIpc) is 2.64. The fourth-order valence-electron chi connectivity index (χ4n) is 3.28. The summed E-state index contributed by atoms with van der Waals surface area (Å²) in [5.41, 5.74) is 1.03. The monoisotopic (exact) mass is 384 g/mol. The van der Waals surface area contributed by atoms with Crippen LogP contribution in [-0.4, -0.2) is 56.4 Å². The minimum Gasteiger partial charge on any atom is -0.503 e. The number of aromatic hydroxyl groups is 1. The molecule has 1 aliphatic heterocycles. The highest BCUT2D eigenvalue weighted by atomic mass is 35.5. The van der Waals surface area contributed by atoms with Crippen LogP contribution in [0.2, 0.25) is 5.02 Å². The maximum Gasteiger partial charge on any atom is 0.220 e. The first-order valence-electron chi connectivity index (χ1n) is 9.06. The van der Waals surface area contributed by atoms with Crippen LogP contribution in [0, 0.1) is 5.92 Å². The van der Waals surface area contributed by atoms with Crippen molar-refractivity contribution in [1.29, 1.82) is 0 Å². The number of nitrogens with one attached hydrogen (secondary N) is 1. The quantitative estimate of drug-likeness (QED) is 0.640. The number of benzene rings is 1. The number of ether oxygens (including phenoxy) is 2. The number of carbonyl (C=O) groups is 1. The van der Waals surface area contributed by atoms with Crippen molar-refractivity contribution >= 4 is 17.5 Å². The Labute approximate surface area is 160 Å². The molecule has 1 saturated heterocycles. The van der Waals surface area contributed by atoms with Crippen LogP contribution >= 0.6 is 11.6 Å². The first-order chi connectivity index (χ1) is 12.5. The van der Waals surface area contributed by atoms with Crippen molar-refractivity contribution in [2.45, 2.75) is 32.2 Å². The number of rotatable bonds is 9. The van der Waals surface area contributed by atoms with Gasteiger partial charge in [-0.25, -0.2) is 0 Å². The number of amides is 1. The molecule has 1 amide bonds. The molecule has 0 spiro atoms. The van der Waals surface area contributed by atoms with E-state index in [9.17, 15) is 9.90 Å². The number of nitrogens with zero attached hydrogens (tertiary/aromatic N) is 1. The Hall–Kier alpha value is -1.50. The van der Waals surface area contributed by atoms with Crippen LogP contribution in [0.4, 0.5) is 0 Å². The predicted molar refractivity (Wildman–Crippen MR) is 102 cm³/mol. The first kappa shape index (κ1) is 20.8. The Kier molecular flexibility index (Phi) is 8.48. The van der Waals surface area contributed by atoms with Gasteiger partial charge in [0.05, 0.1) is 18.7 Å². The lowest BCUT2D eigenvalue weighted by molar-refractivity contribution is -0.121. The summed E-state index contributed by atoms with van der Waals surface area (Å²) in [5, 5.41) is 13.0. The van der Waals surface area contributed by atoms with Gasteiger partial charge >= 0.3 is 0 Å². The van der Waals surface area contributed by atoms with Gasteiger partial charge in [-0.2, -0.15) is 0 Å². The molecule has 0 atom stereocenters. The maximum atomic E-state index is 11.8. The molecule has 1 aromatic rings.